The van der Waals surface area contributed by atoms with Crippen molar-refractivity contribution >= 4 is 5.91 Å². The molecule has 0 saturated heterocycles. The molecular weight excluding hydrogens is 254 g/mol. The van der Waals surface area contributed by atoms with Gasteiger partial charge in [-0.1, -0.05) is 5.16 Å². The highest BCUT2D eigenvalue weighted by molar-refractivity contribution is 5.93. The van der Waals surface area contributed by atoms with Crippen LogP contribution < -0.4 is 5.32 Å². The molecule has 0 aromatic carbocycles. The molecule has 20 heavy (non-hydrogen) atoms. The highest BCUT2D eigenvalue weighted by Gasteiger charge is 2.54. The second kappa shape index (κ2) is 4.16. The number of carbonyl (C=O) groups is 1. The van der Waals surface area contributed by atoms with Gasteiger partial charge in [0.1, 0.15) is 0 Å². The summed E-state index contributed by atoms with van der Waals surface area (Å²) < 4.78 is 5.23. The van der Waals surface area contributed by atoms with Crippen molar-refractivity contribution in [3.05, 3.63) is 36.3 Å². The maximum atomic E-state index is 12.2. The fourth-order valence-electron chi connectivity index (χ4n) is 2.72. The number of nitrogens with zero attached hydrogens (tertiary/aromatic N) is 2. The van der Waals surface area contributed by atoms with Gasteiger partial charge < -0.3 is 9.84 Å². The zero-order chi connectivity index (χ0) is 13.6. The molecule has 2 aromatic rings. The molecule has 102 valence electrons. The van der Waals surface area contributed by atoms with Crippen LogP contribution in [0.15, 0.2) is 35.1 Å². The summed E-state index contributed by atoms with van der Waals surface area (Å²) in [7, 11) is 0. The van der Waals surface area contributed by atoms with Crippen molar-refractivity contribution in [3.63, 3.8) is 0 Å². The summed E-state index contributed by atoms with van der Waals surface area (Å²) >= 11 is 0. The van der Waals surface area contributed by atoms with Crippen LogP contribution in [0.2, 0.25) is 0 Å². The van der Waals surface area contributed by atoms with Gasteiger partial charge in [-0.2, -0.15) is 0 Å². The smallest absolute Gasteiger partial charge is 0.273 e. The fraction of sp³-hybridized carbons (Fsp3) is 0.400. The maximum Gasteiger partial charge on any atom is 0.273 e. The average Bonchev–Trinajstić information content (AvgIpc) is 3.39. The number of rotatable bonds is 4. The second-order valence-electron chi connectivity index (χ2n) is 5.70. The van der Waals surface area contributed by atoms with Gasteiger partial charge in [0.05, 0.1) is 0 Å². The number of pyridine rings is 1. The third-order valence-corrected chi connectivity index (χ3v) is 4.20. The zero-order valence-corrected chi connectivity index (χ0v) is 11.0. The van der Waals surface area contributed by atoms with E-state index in [1.54, 1.807) is 18.5 Å². The molecule has 2 aliphatic rings. The molecule has 0 bridgehead atoms. The molecule has 5 heteroatoms. The Morgan fingerprint density at radius 3 is 2.90 bits per heavy atom. The van der Waals surface area contributed by atoms with Gasteiger partial charge in [-0.15, -0.1) is 0 Å². The lowest BCUT2D eigenvalue weighted by molar-refractivity contribution is 0.0916. The van der Waals surface area contributed by atoms with Crippen LogP contribution >= 0.6 is 0 Å². The van der Waals surface area contributed by atoms with Crippen LogP contribution in [0.25, 0.3) is 11.3 Å². The standard InChI is InChI=1S/C15H15N3O2/c19-14(17-15(5-6-15)11-3-4-11)12-8-13(20-18-12)10-2-1-7-16-9-10/h1-2,7-9,11H,3-6H2,(H,17,19). The van der Waals surface area contributed by atoms with E-state index in [4.69, 9.17) is 4.52 Å². The van der Waals surface area contributed by atoms with E-state index >= 15 is 0 Å². The first-order chi connectivity index (χ1) is 9.77. The Kier molecular flexibility index (Phi) is 2.42. The van der Waals surface area contributed by atoms with Crippen molar-refractivity contribution in [3.8, 4) is 11.3 Å². The Morgan fingerprint density at radius 1 is 1.40 bits per heavy atom. The van der Waals surface area contributed by atoms with E-state index < -0.39 is 0 Å². The molecule has 0 unspecified atom stereocenters. The van der Waals surface area contributed by atoms with Gasteiger partial charge in [-0.25, -0.2) is 0 Å². The van der Waals surface area contributed by atoms with E-state index in [0.717, 1.165) is 18.4 Å². The predicted molar refractivity (Wildman–Crippen MR) is 71.9 cm³/mol. The quantitative estimate of drug-likeness (QED) is 0.925. The molecule has 2 aromatic heterocycles. The van der Waals surface area contributed by atoms with Crippen LogP contribution in [0.4, 0.5) is 0 Å². The number of hydrogen-bond acceptors (Lipinski definition) is 4. The minimum atomic E-state index is -0.131. The molecule has 2 fully saturated rings. The molecule has 2 aliphatic carbocycles. The molecule has 2 saturated carbocycles. The van der Waals surface area contributed by atoms with Crippen LogP contribution in [0.1, 0.15) is 36.2 Å². The minimum Gasteiger partial charge on any atom is -0.355 e. The van der Waals surface area contributed by atoms with E-state index in [0.29, 0.717) is 17.4 Å². The van der Waals surface area contributed by atoms with Gasteiger partial charge in [-0.3, -0.25) is 9.78 Å². The molecular formula is C15H15N3O2. The minimum absolute atomic E-state index is 0.0600. The molecule has 4 rings (SSSR count). The maximum absolute atomic E-state index is 12.2. The van der Waals surface area contributed by atoms with Crippen LogP contribution in [-0.4, -0.2) is 21.6 Å². The number of carbonyl (C=O) groups excluding carboxylic acids is 1. The van der Waals surface area contributed by atoms with E-state index in [9.17, 15) is 4.79 Å². The third-order valence-electron chi connectivity index (χ3n) is 4.20. The molecule has 5 nitrogen and oxygen atoms in total. The lowest BCUT2D eigenvalue weighted by Crippen LogP contribution is -2.38. The molecule has 2 heterocycles. The van der Waals surface area contributed by atoms with E-state index in [1.807, 2.05) is 12.1 Å². The largest absolute Gasteiger partial charge is 0.355 e. The third kappa shape index (κ3) is 1.99. The van der Waals surface area contributed by atoms with E-state index in [-0.39, 0.29) is 11.4 Å². The van der Waals surface area contributed by atoms with Gasteiger partial charge in [0.2, 0.25) is 0 Å². The molecule has 0 spiro atoms. The van der Waals surface area contributed by atoms with Crippen LogP contribution in [0.3, 0.4) is 0 Å². The molecule has 0 aliphatic heterocycles. The van der Waals surface area contributed by atoms with Crippen molar-refractivity contribution in [2.24, 2.45) is 5.92 Å². The van der Waals surface area contributed by atoms with Crippen LogP contribution in [0, 0.1) is 5.92 Å². The summed E-state index contributed by atoms with van der Waals surface area (Å²) in [5.74, 6) is 1.11. The second-order valence-corrected chi connectivity index (χ2v) is 5.70. The number of nitrogens with one attached hydrogen (secondary N) is 1. The summed E-state index contributed by atoms with van der Waals surface area (Å²) in [6.45, 7) is 0. The van der Waals surface area contributed by atoms with Crippen molar-refractivity contribution < 1.29 is 9.32 Å². The number of hydrogen-bond donors (Lipinski definition) is 1. The van der Waals surface area contributed by atoms with Crippen molar-refractivity contribution in [1.29, 1.82) is 0 Å². The van der Waals surface area contributed by atoms with Gasteiger partial charge >= 0.3 is 0 Å². The van der Waals surface area contributed by atoms with Crippen molar-refractivity contribution in [2.45, 2.75) is 31.2 Å². The molecule has 1 N–H and O–H groups in total. The van der Waals surface area contributed by atoms with Crippen LogP contribution in [-0.2, 0) is 0 Å². The normalized spacial score (nSPS) is 19.6. The molecule has 1 amide bonds. The Morgan fingerprint density at radius 2 is 2.25 bits per heavy atom. The topological polar surface area (TPSA) is 68.0 Å². The Hall–Kier alpha value is -2.17. The number of amides is 1. The van der Waals surface area contributed by atoms with Gasteiger partial charge in [0.25, 0.3) is 5.91 Å². The summed E-state index contributed by atoms with van der Waals surface area (Å²) in [6.07, 6.45) is 8.04. The summed E-state index contributed by atoms with van der Waals surface area (Å²) in [4.78, 5) is 16.3. The monoisotopic (exact) mass is 269 g/mol. The zero-order valence-electron chi connectivity index (χ0n) is 11.0. The first kappa shape index (κ1) is 11.6. The highest BCUT2D eigenvalue weighted by Crippen LogP contribution is 2.53. The van der Waals surface area contributed by atoms with Gasteiger partial charge in [0, 0.05) is 29.6 Å². The van der Waals surface area contributed by atoms with E-state index in [2.05, 4.69) is 15.5 Å². The Bertz CT molecular complexity index is 642. The molecule has 0 radical (unpaired) electrons. The SMILES string of the molecule is O=C(NC1(C2CC2)CC1)c1cc(-c2cccnc2)on1. The van der Waals surface area contributed by atoms with Gasteiger partial charge in [0.15, 0.2) is 11.5 Å². The highest BCUT2D eigenvalue weighted by atomic mass is 16.5. The van der Waals surface area contributed by atoms with Crippen molar-refractivity contribution in [2.75, 3.05) is 0 Å². The number of aromatic nitrogens is 2. The summed E-state index contributed by atoms with van der Waals surface area (Å²) in [6, 6.07) is 5.38. The lowest BCUT2D eigenvalue weighted by atomic mass is 10.1. The lowest BCUT2D eigenvalue weighted by Gasteiger charge is -2.14. The average molecular weight is 269 g/mol. The predicted octanol–water partition coefficient (Wildman–Crippen LogP) is 2.41. The Labute approximate surface area is 116 Å². The van der Waals surface area contributed by atoms with Gasteiger partial charge in [-0.05, 0) is 43.7 Å². The molecule has 0 atom stereocenters. The first-order valence-corrected chi connectivity index (χ1v) is 6.96. The van der Waals surface area contributed by atoms with Crippen LogP contribution in [0.5, 0.6) is 0 Å². The summed E-state index contributed by atoms with van der Waals surface area (Å²) in [5.41, 5.74) is 1.22. The Balaban J connectivity index is 1.52. The van der Waals surface area contributed by atoms with Crippen molar-refractivity contribution in [1.82, 2.24) is 15.5 Å². The first-order valence-electron chi connectivity index (χ1n) is 6.96. The van der Waals surface area contributed by atoms with E-state index in [1.165, 1.54) is 12.8 Å². The fourth-order valence-corrected chi connectivity index (χ4v) is 2.72. The summed E-state index contributed by atoms with van der Waals surface area (Å²) in [5, 5.41) is 7.00.